The van der Waals surface area contributed by atoms with Gasteiger partial charge in [0.05, 0.1) is 24.1 Å². The van der Waals surface area contributed by atoms with Gasteiger partial charge in [0.2, 0.25) is 5.91 Å². The van der Waals surface area contributed by atoms with Crippen molar-refractivity contribution < 1.29 is 14.3 Å². The number of ether oxygens (including phenoxy) is 2. The van der Waals surface area contributed by atoms with Gasteiger partial charge in [0, 0.05) is 20.3 Å². The maximum atomic E-state index is 11.7. The minimum atomic E-state index is -0.349. The molecule has 106 valence electrons. The molecule has 0 aliphatic carbocycles. The molecule has 0 saturated carbocycles. The van der Waals surface area contributed by atoms with Crippen molar-refractivity contribution in [2.24, 2.45) is 11.7 Å². The SMILES string of the molecule is CCC(C(=O)NCCCCOCCOC)C(N)=S. The van der Waals surface area contributed by atoms with Gasteiger partial charge in [0.25, 0.3) is 0 Å². The number of unbranched alkanes of at least 4 members (excludes halogenated alkanes) is 1. The second kappa shape index (κ2) is 11.4. The summed E-state index contributed by atoms with van der Waals surface area (Å²) in [6.45, 7) is 4.44. The molecule has 0 heterocycles. The second-order valence-corrected chi connectivity index (χ2v) is 4.44. The van der Waals surface area contributed by atoms with E-state index in [0.717, 1.165) is 12.8 Å². The lowest BCUT2D eigenvalue weighted by molar-refractivity contribution is -0.123. The third-order valence-corrected chi connectivity index (χ3v) is 2.80. The molecule has 0 rings (SSSR count). The molecule has 1 amide bonds. The average molecular weight is 276 g/mol. The summed E-state index contributed by atoms with van der Waals surface area (Å²) in [5.41, 5.74) is 5.49. The van der Waals surface area contributed by atoms with E-state index in [-0.39, 0.29) is 16.8 Å². The minimum absolute atomic E-state index is 0.0784. The monoisotopic (exact) mass is 276 g/mol. The molecule has 0 spiro atoms. The lowest BCUT2D eigenvalue weighted by Gasteiger charge is -2.13. The molecule has 6 heteroatoms. The molecule has 18 heavy (non-hydrogen) atoms. The fraction of sp³-hybridized carbons (Fsp3) is 0.833. The number of carbonyl (C=O) groups excluding carboxylic acids is 1. The normalized spacial score (nSPS) is 12.1. The first-order chi connectivity index (χ1) is 8.63. The van der Waals surface area contributed by atoms with Gasteiger partial charge in [-0.25, -0.2) is 0 Å². The molecular weight excluding hydrogens is 252 g/mol. The zero-order chi connectivity index (χ0) is 13.8. The standard InChI is InChI=1S/C12H24N2O3S/c1-3-10(11(13)18)12(15)14-6-4-5-7-17-9-8-16-2/h10H,3-9H2,1-2H3,(H2,13,18)(H,14,15). The number of thiocarbonyl (C=S) groups is 1. The lowest BCUT2D eigenvalue weighted by atomic mass is 10.1. The predicted octanol–water partition coefficient (Wildman–Crippen LogP) is 0.858. The molecule has 0 bridgehead atoms. The zero-order valence-corrected chi connectivity index (χ0v) is 12.1. The Hall–Kier alpha value is -0.720. The van der Waals surface area contributed by atoms with Gasteiger partial charge in [-0.05, 0) is 19.3 Å². The number of nitrogens with one attached hydrogen (secondary N) is 1. The van der Waals surface area contributed by atoms with Gasteiger partial charge in [-0.15, -0.1) is 0 Å². The van der Waals surface area contributed by atoms with Crippen molar-refractivity contribution in [3.05, 3.63) is 0 Å². The fourth-order valence-electron chi connectivity index (χ4n) is 1.42. The maximum Gasteiger partial charge on any atom is 0.229 e. The summed E-state index contributed by atoms with van der Waals surface area (Å²) in [6, 6.07) is 0. The summed E-state index contributed by atoms with van der Waals surface area (Å²) in [6.07, 6.45) is 2.43. The quantitative estimate of drug-likeness (QED) is 0.432. The highest BCUT2D eigenvalue weighted by Gasteiger charge is 2.18. The van der Waals surface area contributed by atoms with Crippen molar-refractivity contribution in [3.63, 3.8) is 0 Å². The van der Waals surface area contributed by atoms with Crippen LogP contribution in [0.1, 0.15) is 26.2 Å². The molecular formula is C12H24N2O3S. The second-order valence-electron chi connectivity index (χ2n) is 3.97. The molecule has 0 saturated heterocycles. The minimum Gasteiger partial charge on any atom is -0.393 e. The molecule has 0 aromatic rings. The van der Waals surface area contributed by atoms with E-state index in [1.807, 2.05) is 6.92 Å². The van der Waals surface area contributed by atoms with Crippen LogP contribution < -0.4 is 11.1 Å². The van der Waals surface area contributed by atoms with Crippen LogP contribution in [0.4, 0.5) is 0 Å². The highest BCUT2D eigenvalue weighted by molar-refractivity contribution is 7.80. The van der Waals surface area contributed by atoms with Gasteiger partial charge < -0.3 is 20.5 Å². The maximum absolute atomic E-state index is 11.7. The van der Waals surface area contributed by atoms with Crippen LogP contribution in [0.5, 0.6) is 0 Å². The average Bonchev–Trinajstić information content (AvgIpc) is 2.33. The van der Waals surface area contributed by atoms with Crippen molar-refractivity contribution in [2.75, 3.05) is 33.5 Å². The van der Waals surface area contributed by atoms with E-state index < -0.39 is 0 Å². The van der Waals surface area contributed by atoms with Gasteiger partial charge in [-0.2, -0.15) is 0 Å². The molecule has 3 N–H and O–H groups in total. The van der Waals surface area contributed by atoms with Crippen LogP contribution in [0, 0.1) is 5.92 Å². The Morgan fingerprint density at radius 1 is 1.33 bits per heavy atom. The molecule has 0 aromatic heterocycles. The van der Waals surface area contributed by atoms with Crippen molar-refractivity contribution in [2.45, 2.75) is 26.2 Å². The molecule has 0 aliphatic rings. The summed E-state index contributed by atoms with van der Waals surface area (Å²) < 4.78 is 10.2. The Morgan fingerprint density at radius 3 is 2.61 bits per heavy atom. The topological polar surface area (TPSA) is 73.6 Å². The van der Waals surface area contributed by atoms with Crippen molar-refractivity contribution in [1.29, 1.82) is 0 Å². The Kier molecular flexibility index (Phi) is 10.9. The molecule has 0 aliphatic heterocycles. The number of methoxy groups -OCH3 is 1. The molecule has 0 aromatic carbocycles. The van der Waals surface area contributed by atoms with E-state index in [4.69, 9.17) is 27.4 Å². The van der Waals surface area contributed by atoms with Crippen LogP contribution >= 0.6 is 12.2 Å². The van der Waals surface area contributed by atoms with E-state index in [2.05, 4.69) is 5.32 Å². The van der Waals surface area contributed by atoms with Crippen LogP contribution in [0.3, 0.4) is 0 Å². The van der Waals surface area contributed by atoms with E-state index in [0.29, 0.717) is 32.8 Å². The number of hydrogen-bond acceptors (Lipinski definition) is 4. The van der Waals surface area contributed by atoms with Crippen molar-refractivity contribution in [1.82, 2.24) is 5.32 Å². The van der Waals surface area contributed by atoms with Crippen molar-refractivity contribution >= 4 is 23.1 Å². The summed E-state index contributed by atoms with van der Waals surface area (Å²) in [4.78, 5) is 11.9. The first-order valence-corrected chi connectivity index (χ1v) is 6.68. The smallest absolute Gasteiger partial charge is 0.229 e. The molecule has 5 nitrogen and oxygen atoms in total. The molecule has 0 fully saturated rings. The summed E-state index contributed by atoms with van der Waals surface area (Å²) >= 11 is 4.84. The van der Waals surface area contributed by atoms with Crippen LogP contribution in [-0.4, -0.2) is 44.4 Å². The Labute approximate surface area is 114 Å². The summed E-state index contributed by atoms with van der Waals surface area (Å²) in [7, 11) is 1.64. The zero-order valence-electron chi connectivity index (χ0n) is 11.2. The highest BCUT2D eigenvalue weighted by atomic mass is 32.1. The van der Waals surface area contributed by atoms with Crippen LogP contribution in [-0.2, 0) is 14.3 Å². The third-order valence-electron chi connectivity index (χ3n) is 2.51. The number of rotatable bonds is 11. The van der Waals surface area contributed by atoms with E-state index in [1.165, 1.54) is 0 Å². The van der Waals surface area contributed by atoms with Gasteiger partial charge in [0.15, 0.2) is 0 Å². The largest absolute Gasteiger partial charge is 0.393 e. The van der Waals surface area contributed by atoms with Gasteiger partial charge in [-0.1, -0.05) is 19.1 Å². The number of nitrogens with two attached hydrogens (primary N) is 1. The van der Waals surface area contributed by atoms with Gasteiger partial charge in [0.1, 0.15) is 0 Å². The Balaban J connectivity index is 3.48. The Morgan fingerprint density at radius 2 is 2.06 bits per heavy atom. The number of amides is 1. The molecule has 0 radical (unpaired) electrons. The highest BCUT2D eigenvalue weighted by Crippen LogP contribution is 2.02. The van der Waals surface area contributed by atoms with Crippen LogP contribution in [0.2, 0.25) is 0 Å². The number of hydrogen-bond donors (Lipinski definition) is 2. The molecule has 1 unspecified atom stereocenters. The summed E-state index contributed by atoms with van der Waals surface area (Å²) in [5.74, 6) is -0.428. The summed E-state index contributed by atoms with van der Waals surface area (Å²) in [5, 5.41) is 2.83. The Bertz CT molecular complexity index is 249. The van der Waals surface area contributed by atoms with Gasteiger partial charge in [-0.3, -0.25) is 4.79 Å². The van der Waals surface area contributed by atoms with Gasteiger partial charge >= 0.3 is 0 Å². The number of carbonyl (C=O) groups is 1. The fourth-order valence-corrected chi connectivity index (χ4v) is 1.70. The van der Waals surface area contributed by atoms with Crippen LogP contribution in [0.15, 0.2) is 0 Å². The van der Waals surface area contributed by atoms with E-state index >= 15 is 0 Å². The van der Waals surface area contributed by atoms with E-state index in [1.54, 1.807) is 7.11 Å². The molecule has 1 atom stereocenters. The van der Waals surface area contributed by atoms with Crippen molar-refractivity contribution in [3.8, 4) is 0 Å². The van der Waals surface area contributed by atoms with E-state index in [9.17, 15) is 4.79 Å². The van der Waals surface area contributed by atoms with Crippen LogP contribution in [0.25, 0.3) is 0 Å². The first kappa shape index (κ1) is 17.3. The third kappa shape index (κ3) is 8.38. The first-order valence-electron chi connectivity index (χ1n) is 6.27. The lowest BCUT2D eigenvalue weighted by Crippen LogP contribution is -2.37. The predicted molar refractivity (Wildman–Crippen MR) is 75.5 cm³/mol.